The van der Waals surface area contributed by atoms with Crippen molar-refractivity contribution in [2.75, 3.05) is 0 Å². The molecule has 0 saturated carbocycles. The van der Waals surface area contributed by atoms with E-state index >= 15 is 0 Å². The molecular formula is C15H11NO5. The Bertz CT molecular complexity index is 801. The Labute approximate surface area is 119 Å². The summed E-state index contributed by atoms with van der Waals surface area (Å²) < 4.78 is 10.7. The Hall–Kier alpha value is -2.89. The van der Waals surface area contributed by atoms with E-state index in [0.717, 1.165) is 10.9 Å². The number of carbonyl (C=O) groups excluding carboxylic acids is 1. The SMILES string of the molecule is O=CCC(C(=O)O)c1cc(-c2coc3cnccc23)co1. The molecule has 0 aromatic carbocycles. The maximum Gasteiger partial charge on any atom is 0.314 e. The number of hydrogen-bond acceptors (Lipinski definition) is 5. The van der Waals surface area contributed by atoms with Crippen LogP contribution in [0.5, 0.6) is 0 Å². The zero-order valence-corrected chi connectivity index (χ0v) is 10.9. The van der Waals surface area contributed by atoms with Gasteiger partial charge in [-0.2, -0.15) is 0 Å². The second-order valence-corrected chi connectivity index (χ2v) is 4.55. The molecule has 0 aliphatic carbocycles. The fourth-order valence-electron chi connectivity index (χ4n) is 2.22. The van der Waals surface area contributed by atoms with E-state index in [1.54, 1.807) is 30.8 Å². The Morgan fingerprint density at radius 3 is 3.00 bits per heavy atom. The molecule has 3 aromatic rings. The first-order valence-corrected chi connectivity index (χ1v) is 6.27. The summed E-state index contributed by atoms with van der Waals surface area (Å²) in [5, 5.41) is 9.98. The molecule has 3 rings (SSSR count). The van der Waals surface area contributed by atoms with Crippen LogP contribution in [-0.4, -0.2) is 22.3 Å². The normalized spacial score (nSPS) is 12.4. The number of pyridine rings is 1. The van der Waals surface area contributed by atoms with Crippen LogP contribution in [0.25, 0.3) is 22.1 Å². The van der Waals surface area contributed by atoms with E-state index in [2.05, 4.69) is 4.98 Å². The quantitative estimate of drug-likeness (QED) is 0.724. The number of carboxylic acids is 1. The lowest BCUT2D eigenvalue weighted by molar-refractivity contribution is -0.140. The number of aliphatic carboxylic acids is 1. The third-order valence-corrected chi connectivity index (χ3v) is 3.28. The summed E-state index contributed by atoms with van der Waals surface area (Å²) in [5.41, 5.74) is 2.13. The van der Waals surface area contributed by atoms with Gasteiger partial charge < -0.3 is 18.7 Å². The summed E-state index contributed by atoms with van der Waals surface area (Å²) in [6.07, 6.45) is 6.72. The molecule has 0 aliphatic heterocycles. The molecule has 21 heavy (non-hydrogen) atoms. The van der Waals surface area contributed by atoms with Gasteiger partial charge in [0.1, 0.15) is 18.0 Å². The summed E-state index contributed by atoms with van der Waals surface area (Å²) in [7, 11) is 0. The number of aromatic nitrogens is 1. The van der Waals surface area contributed by atoms with Crippen LogP contribution in [-0.2, 0) is 9.59 Å². The van der Waals surface area contributed by atoms with Gasteiger partial charge in [-0.05, 0) is 12.1 Å². The molecule has 0 saturated heterocycles. The van der Waals surface area contributed by atoms with Crippen molar-refractivity contribution in [1.29, 1.82) is 0 Å². The number of carboxylic acid groups (broad SMARTS) is 1. The first-order chi connectivity index (χ1) is 10.2. The van der Waals surface area contributed by atoms with Crippen LogP contribution in [0, 0.1) is 0 Å². The summed E-state index contributed by atoms with van der Waals surface area (Å²) >= 11 is 0. The third kappa shape index (κ3) is 2.31. The van der Waals surface area contributed by atoms with Gasteiger partial charge in [-0.1, -0.05) is 0 Å². The predicted octanol–water partition coefficient (Wildman–Crippen LogP) is 2.85. The van der Waals surface area contributed by atoms with Crippen LogP contribution in [0.2, 0.25) is 0 Å². The van der Waals surface area contributed by atoms with Gasteiger partial charge >= 0.3 is 5.97 Å². The van der Waals surface area contributed by atoms with Gasteiger partial charge in [0.05, 0.1) is 18.7 Å². The van der Waals surface area contributed by atoms with E-state index in [9.17, 15) is 9.59 Å². The van der Waals surface area contributed by atoms with Gasteiger partial charge in [0.2, 0.25) is 0 Å². The summed E-state index contributed by atoms with van der Waals surface area (Å²) in [5.74, 6) is -1.83. The van der Waals surface area contributed by atoms with Crippen LogP contribution >= 0.6 is 0 Å². The van der Waals surface area contributed by atoms with Gasteiger partial charge in [0.25, 0.3) is 0 Å². The number of rotatable bonds is 5. The lowest BCUT2D eigenvalue weighted by Crippen LogP contribution is -2.11. The molecule has 0 amide bonds. The van der Waals surface area contributed by atoms with Crippen LogP contribution in [0.3, 0.4) is 0 Å². The number of nitrogens with zero attached hydrogens (tertiary/aromatic N) is 1. The molecule has 1 unspecified atom stereocenters. The maximum atomic E-state index is 11.2. The van der Waals surface area contributed by atoms with Crippen molar-refractivity contribution in [2.24, 2.45) is 0 Å². The Kier molecular flexibility index (Phi) is 3.27. The molecule has 1 N–H and O–H groups in total. The molecule has 0 radical (unpaired) electrons. The van der Waals surface area contributed by atoms with Gasteiger partial charge in [-0.3, -0.25) is 9.78 Å². The number of hydrogen-bond donors (Lipinski definition) is 1. The number of carbonyl (C=O) groups is 2. The first-order valence-electron chi connectivity index (χ1n) is 6.27. The third-order valence-electron chi connectivity index (χ3n) is 3.28. The minimum Gasteiger partial charge on any atom is -0.481 e. The topological polar surface area (TPSA) is 93.5 Å². The van der Waals surface area contributed by atoms with Crippen LogP contribution in [0.15, 0.2) is 45.9 Å². The molecule has 1 atom stereocenters. The van der Waals surface area contributed by atoms with Crippen LogP contribution in [0.1, 0.15) is 18.1 Å². The molecule has 0 fully saturated rings. The summed E-state index contributed by atoms with van der Waals surface area (Å²) in [6.45, 7) is 0. The molecule has 6 nitrogen and oxygen atoms in total. The maximum absolute atomic E-state index is 11.2. The zero-order valence-electron chi connectivity index (χ0n) is 10.9. The fraction of sp³-hybridized carbons (Fsp3) is 0.133. The van der Waals surface area contributed by atoms with E-state index in [-0.39, 0.29) is 12.2 Å². The van der Waals surface area contributed by atoms with Gasteiger partial charge in [-0.15, -0.1) is 0 Å². The van der Waals surface area contributed by atoms with E-state index < -0.39 is 11.9 Å². The average molecular weight is 285 g/mol. The van der Waals surface area contributed by atoms with Crippen molar-refractivity contribution in [3.05, 3.63) is 42.8 Å². The van der Waals surface area contributed by atoms with E-state index in [0.29, 0.717) is 17.4 Å². The smallest absolute Gasteiger partial charge is 0.314 e. The van der Waals surface area contributed by atoms with Gasteiger partial charge in [-0.25, -0.2) is 0 Å². The highest BCUT2D eigenvalue weighted by atomic mass is 16.4. The van der Waals surface area contributed by atoms with Crippen molar-refractivity contribution in [1.82, 2.24) is 4.98 Å². The van der Waals surface area contributed by atoms with Crippen LogP contribution in [0.4, 0.5) is 0 Å². The van der Waals surface area contributed by atoms with Crippen LogP contribution < -0.4 is 0 Å². The molecule has 6 heteroatoms. The van der Waals surface area contributed by atoms with E-state index in [1.165, 1.54) is 6.26 Å². The highest BCUT2D eigenvalue weighted by Crippen LogP contribution is 2.33. The fourth-order valence-corrected chi connectivity index (χ4v) is 2.22. The highest BCUT2D eigenvalue weighted by molar-refractivity contribution is 5.93. The number of aldehydes is 1. The summed E-state index contributed by atoms with van der Waals surface area (Å²) in [4.78, 5) is 25.7. The first kappa shape index (κ1) is 13.1. The molecule has 0 bridgehead atoms. The van der Waals surface area contributed by atoms with Gasteiger partial charge in [0, 0.05) is 29.1 Å². The Balaban J connectivity index is 2.01. The Morgan fingerprint density at radius 1 is 1.38 bits per heavy atom. The summed E-state index contributed by atoms with van der Waals surface area (Å²) in [6, 6.07) is 3.42. The lowest BCUT2D eigenvalue weighted by atomic mass is 10.0. The molecule has 106 valence electrons. The number of fused-ring (bicyclic) bond motifs is 1. The van der Waals surface area contributed by atoms with Crippen molar-refractivity contribution in [3.63, 3.8) is 0 Å². The van der Waals surface area contributed by atoms with Crippen molar-refractivity contribution < 1.29 is 23.5 Å². The van der Waals surface area contributed by atoms with E-state index in [4.69, 9.17) is 13.9 Å². The van der Waals surface area contributed by atoms with Crippen molar-refractivity contribution in [2.45, 2.75) is 12.3 Å². The van der Waals surface area contributed by atoms with Gasteiger partial charge in [0.15, 0.2) is 5.58 Å². The Morgan fingerprint density at radius 2 is 2.24 bits per heavy atom. The highest BCUT2D eigenvalue weighted by Gasteiger charge is 2.24. The molecule has 0 aliphatic rings. The number of furan rings is 2. The van der Waals surface area contributed by atoms with E-state index in [1.807, 2.05) is 0 Å². The largest absolute Gasteiger partial charge is 0.481 e. The van der Waals surface area contributed by atoms with Crippen molar-refractivity contribution in [3.8, 4) is 11.1 Å². The molecule has 3 aromatic heterocycles. The molecule has 0 spiro atoms. The monoisotopic (exact) mass is 285 g/mol. The molecular weight excluding hydrogens is 274 g/mol. The average Bonchev–Trinajstić information content (AvgIpc) is 3.10. The zero-order chi connectivity index (χ0) is 14.8. The minimum absolute atomic E-state index is 0.127. The lowest BCUT2D eigenvalue weighted by Gasteiger charge is -2.03. The standard InChI is InChI=1S/C15H11NO5/c17-4-2-11(15(18)19)13-5-9(7-20-13)12-8-21-14-6-16-3-1-10(12)14/h1,3-8,11H,2H2,(H,18,19). The van der Waals surface area contributed by atoms with Crippen molar-refractivity contribution >= 4 is 23.2 Å². The second kappa shape index (κ2) is 5.24. The predicted molar refractivity (Wildman–Crippen MR) is 72.8 cm³/mol. The molecule has 3 heterocycles. The minimum atomic E-state index is -1.09. The second-order valence-electron chi connectivity index (χ2n) is 4.55.